The molecule has 0 heterocycles. The van der Waals surface area contributed by atoms with E-state index in [4.69, 9.17) is 4.74 Å². The van der Waals surface area contributed by atoms with Crippen molar-refractivity contribution >= 4 is 27.5 Å². The normalized spacial score (nSPS) is 16.7. The van der Waals surface area contributed by atoms with Crippen molar-refractivity contribution < 1.29 is 22.7 Å². The van der Waals surface area contributed by atoms with Gasteiger partial charge in [0.1, 0.15) is 0 Å². The summed E-state index contributed by atoms with van der Waals surface area (Å²) in [5.74, 6) is -0.0501. The van der Waals surface area contributed by atoms with Gasteiger partial charge in [-0.15, -0.1) is 0 Å². The highest BCUT2D eigenvalue weighted by Crippen LogP contribution is 2.27. The van der Waals surface area contributed by atoms with Crippen LogP contribution >= 0.6 is 0 Å². The smallest absolute Gasteiger partial charge is 0.306 e. The average molecular weight is 381 g/mol. The number of sulfonamides is 1. The summed E-state index contributed by atoms with van der Waals surface area (Å²) in [5.41, 5.74) is 0.748. The molecule has 144 valence electrons. The molecule has 0 spiro atoms. The van der Waals surface area contributed by atoms with Gasteiger partial charge in [0, 0.05) is 17.7 Å². The van der Waals surface area contributed by atoms with Crippen LogP contribution in [0.25, 0.3) is 0 Å². The molecule has 1 unspecified atom stereocenters. The molecule has 1 aliphatic rings. The van der Waals surface area contributed by atoms with Gasteiger partial charge >= 0.3 is 5.97 Å². The van der Waals surface area contributed by atoms with Gasteiger partial charge in [0.2, 0.25) is 15.8 Å². The second kappa shape index (κ2) is 9.16. The maximum absolute atomic E-state index is 12.4. The highest BCUT2D eigenvalue weighted by atomic mass is 32.2. The summed E-state index contributed by atoms with van der Waals surface area (Å²) < 4.78 is 30.0. The molecular formula is C19H27NO5S. The first kappa shape index (κ1) is 20.4. The van der Waals surface area contributed by atoms with Crippen molar-refractivity contribution in [1.29, 1.82) is 0 Å². The Bertz CT molecular complexity index is 721. The van der Waals surface area contributed by atoms with Crippen LogP contribution in [0, 0.1) is 5.92 Å². The molecule has 0 aromatic heterocycles. The first-order valence-electron chi connectivity index (χ1n) is 9.06. The van der Waals surface area contributed by atoms with E-state index in [9.17, 15) is 18.0 Å². The van der Waals surface area contributed by atoms with Gasteiger partial charge in [0.15, 0.2) is 6.10 Å². The molecule has 6 nitrogen and oxygen atoms in total. The van der Waals surface area contributed by atoms with E-state index in [1.54, 1.807) is 6.92 Å². The summed E-state index contributed by atoms with van der Waals surface area (Å²) in [6.45, 7) is 1.56. The zero-order valence-electron chi connectivity index (χ0n) is 15.4. The number of nitrogens with one attached hydrogen (secondary N) is 1. The molecule has 1 atom stereocenters. The largest absolute Gasteiger partial charge is 0.454 e. The lowest BCUT2D eigenvalue weighted by atomic mass is 9.86. The van der Waals surface area contributed by atoms with Crippen LogP contribution < -0.4 is 4.72 Å². The van der Waals surface area contributed by atoms with Crippen molar-refractivity contribution in [2.75, 3.05) is 11.0 Å². The van der Waals surface area contributed by atoms with Crippen molar-refractivity contribution in [3.05, 3.63) is 29.8 Å². The second-order valence-corrected chi connectivity index (χ2v) is 8.74. The third-order valence-corrected chi connectivity index (χ3v) is 5.24. The minimum Gasteiger partial charge on any atom is -0.454 e. The average Bonchev–Trinajstić information content (AvgIpc) is 2.59. The fourth-order valence-electron chi connectivity index (χ4n) is 3.26. The van der Waals surface area contributed by atoms with Crippen LogP contribution in [-0.2, 0) is 19.6 Å². The van der Waals surface area contributed by atoms with Crippen LogP contribution in [0.3, 0.4) is 0 Å². The van der Waals surface area contributed by atoms with E-state index < -0.39 is 16.1 Å². The second-order valence-electron chi connectivity index (χ2n) is 6.99. The first-order valence-corrected chi connectivity index (χ1v) is 11.0. The number of ether oxygens (including phenoxy) is 1. The maximum atomic E-state index is 12.4. The lowest BCUT2D eigenvalue weighted by Crippen LogP contribution is -2.24. The van der Waals surface area contributed by atoms with E-state index in [2.05, 4.69) is 4.72 Å². The number of carbonyl (C=O) groups is 2. The van der Waals surface area contributed by atoms with Crippen molar-refractivity contribution in [2.45, 2.75) is 58.0 Å². The summed E-state index contributed by atoms with van der Waals surface area (Å²) in [7, 11) is -3.36. The Kier molecular flexibility index (Phi) is 7.20. The number of anilines is 1. The van der Waals surface area contributed by atoms with E-state index in [-0.39, 0.29) is 11.8 Å². The third kappa shape index (κ3) is 6.78. The van der Waals surface area contributed by atoms with E-state index in [0.717, 1.165) is 12.7 Å². The number of rotatable bonds is 8. The number of hydrogen-bond donors (Lipinski definition) is 1. The Hall–Kier alpha value is -1.89. The predicted octanol–water partition coefficient (Wildman–Crippen LogP) is 3.53. The van der Waals surface area contributed by atoms with Gasteiger partial charge in [0.25, 0.3) is 0 Å². The monoisotopic (exact) mass is 381 g/mol. The van der Waals surface area contributed by atoms with E-state index in [1.807, 2.05) is 0 Å². The lowest BCUT2D eigenvalue weighted by molar-refractivity contribution is -0.146. The van der Waals surface area contributed by atoms with Gasteiger partial charge < -0.3 is 4.74 Å². The molecule has 1 aliphatic carbocycles. The molecule has 0 amide bonds. The molecule has 0 radical (unpaired) electrons. The summed E-state index contributed by atoms with van der Waals surface area (Å²) in [5, 5.41) is 0. The number of benzene rings is 1. The molecule has 1 aromatic rings. The molecule has 0 saturated heterocycles. The van der Waals surface area contributed by atoms with Gasteiger partial charge in [-0.25, -0.2) is 8.42 Å². The van der Waals surface area contributed by atoms with Crippen LogP contribution in [0.4, 0.5) is 5.69 Å². The van der Waals surface area contributed by atoms with E-state index >= 15 is 0 Å². The van der Waals surface area contributed by atoms with Gasteiger partial charge in [0.05, 0.1) is 6.26 Å². The lowest BCUT2D eigenvalue weighted by Gasteiger charge is -2.21. The van der Waals surface area contributed by atoms with E-state index in [1.165, 1.54) is 56.4 Å². The Morgan fingerprint density at radius 3 is 2.35 bits per heavy atom. The molecule has 2 rings (SSSR count). The summed E-state index contributed by atoms with van der Waals surface area (Å²) in [4.78, 5) is 24.4. The fraction of sp³-hybridized carbons (Fsp3) is 0.579. The van der Waals surface area contributed by atoms with Gasteiger partial charge in [-0.1, -0.05) is 32.1 Å². The van der Waals surface area contributed by atoms with Crippen LogP contribution in [0.1, 0.15) is 62.2 Å². The van der Waals surface area contributed by atoms with Crippen molar-refractivity contribution in [2.24, 2.45) is 5.92 Å². The highest BCUT2D eigenvalue weighted by Gasteiger charge is 2.21. The summed E-state index contributed by atoms with van der Waals surface area (Å²) in [6, 6.07) is 6.04. The van der Waals surface area contributed by atoms with Gasteiger partial charge in [-0.3, -0.25) is 14.3 Å². The molecule has 7 heteroatoms. The van der Waals surface area contributed by atoms with Crippen LogP contribution in [0.15, 0.2) is 24.3 Å². The number of hydrogen-bond acceptors (Lipinski definition) is 5. The molecular weight excluding hydrogens is 354 g/mol. The molecule has 26 heavy (non-hydrogen) atoms. The quantitative estimate of drug-likeness (QED) is 0.549. The molecule has 1 N–H and O–H groups in total. The highest BCUT2D eigenvalue weighted by molar-refractivity contribution is 7.92. The van der Waals surface area contributed by atoms with Crippen LogP contribution in [0.2, 0.25) is 0 Å². The minimum atomic E-state index is -3.36. The Morgan fingerprint density at radius 2 is 1.77 bits per heavy atom. The SMILES string of the molecule is CC(OC(=O)CCC1CCCCC1)C(=O)c1ccc(NS(C)(=O)=O)cc1. The number of esters is 1. The molecule has 0 aliphatic heterocycles. The topological polar surface area (TPSA) is 89.5 Å². The Labute approximate surface area is 155 Å². The molecule has 1 aromatic carbocycles. The standard InChI is InChI=1S/C19H27NO5S/c1-14(25-18(21)13-8-15-6-4-3-5-7-15)19(22)16-9-11-17(12-10-16)20-26(2,23)24/h9-12,14-15,20H,3-8,13H2,1-2H3. The first-order chi connectivity index (χ1) is 12.2. The van der Waals surface area contributed by atoms with Crippen LogP contribution in [0.5, 0.6) is 0 Å². The van der Waals surface area contributed by atoms with Crippen molar-refractivity contribution in [1.82, 2.24) is 0 Å². The van der Waals surface area contributed by atoms with Gasteiger partial charge in [-0.05, 0) is 43.5 Å². The summed E-state index contributed by atoms with van der Waals surface area (Å²) in [6.07, 6.45) is 7.47. The van der Waals surface area contributed by atoms with E-state index in [0.29, 0.717) is 23.6 Å². The maximum Gasteiger partial charge on any atom is 0.306 e. The zero-order chi connectivity index (χ0) is 19.2. The zero-order valence-corrected chi connectivity index (χ0v) is 16.2. The number of Topliss-reactive ketones (excluding diaryl/α,β-unsaturated/α-hetero) is 1. The molecule has 1 fully saturated rings. The molecule has 1 saturated carbocycles. The van der Waals surface area contributed by atoms with Crippen LogP contribution in [-0.4, -0.2) is 32.5 Å². The third-order valence-electron chi connectivity index (χ3n) is 4.63. The number of carbonyl (C=O) groups excluding carboxylic acids is 2. The van der Waals surface area contributed by atoms with Crippen molar-refractivity contribution in [3.8, 4) is 0 Å². The Balaban J connectivity index is 1.83. The van der Waals surface area contributed by atoms with Gasteiger partial charge in [-0.2, -0.15) is 0 Å². The predicted molar refractivity (Wildman–Crippen MR) is 101 cm³/mol. The minimum absolute atomic E-state index is 0.304. The number of ketones is 1. The fourth-order valence-corrected chi connectivity index (χ4v) is 3.82. The summed E-state index contributed by atoms with van der Waals surface area (Å²) >= 11 is 0. The molecule has 0 bridgehead atoms. The van der Waals surface area contributed by atoms with Crippen molar-refractivity contribution in [3.63, 3.8) is 0 Å². The Morgan fingerprint density at radius 1 is 1.15 bits per heavy atom.